The van der Waals surface area contributed by atoms with E-state index in [9.17, 15) is 5.11 Å². The number of rotatable bonds is 4. The molecule has 0 spiro atoms. The summed E-state index contributed by atoms with van der Waals surface area (Å²) in [5, 5.41) is 11.8. The molecule has 29 heavy (non-hydrogen) atoms. The molecular weight excluding hydrogens is 362 g/mol. The predicted octanol–water partition coefficient (Wildman–Crippen LogP) is 4.77. The molecule has 1 aromatic rings. The summed E-state index contributed by atoms with van der Waals surface area (Å²) in [6.45, 7) is 6.14. The maximum Gasteiger partial charge on any atom is 0.0983 e. The highest BCUT2D eigenvalue weighted by atomic mass is 16.5. The fourth-order valence-corrected chi connectivity index (χ4v) is 8.04. The van der Waals surface area contributed by atoms with Crippen molar-refractivity contribution in [3.63, 3.8) is 0 Å². The van der Waals surface area contributed by atoms with Crippen molar-refractivity contribution in [2.24, 2.45) is 34.3 Å². The van der Waals surface area contributed by atoms with Gasteiger partial charge in [-0.25, -0.2) is 0 Å². The van der Waals surface area contributed by atoms with Gasteiger partial charge in [-0.2, -0.15) is 0 Å². The normalized spacial score (nSPS) is 46.6. The third kappa shape index (κ3) is 2.75. The van der Waals surface area contributed by atoms with Crippen LogP contribution < -0.4 is 5.73 Å². The zero-order valence-corrected chi connectivity index (χ0v) is 18.0. The van der Waals surface area contributed by atoms with Crippen molar-refractivity contribution in [2.45, 2.75) is 76.9 Å². The van der Waals surface area contributed by atoms with E-state index in [1.54, 1.807) is 18.1 Å². The topological polar surface area (TPSA) is 68.6 Å². The summed E-state index contributed by atoms with van der Waals surface area (Å²) in [5.74, 6) is 2.06. The third-order valence-corrected chi connectivity index (χ3v) is 9.67. The Kier molecular flexibility index (Phi) is 4.76. The first-order chi connectivity index (χ1) is 13.9. The zero-order valence-electron chi connectivity index (χ0n) is 18.0. The summed E-state index contributed by atoms with van der Waals surface area (Å²) in [6.07, 6.45) is 15.3. The fourth-order valence-electron chi connectivity index (χ4n) is 8.04. The van der Waals surface area contributed by atoms with Gasteiger partial charge >= 0.3 is 0 Å². The van der Waals surface area contributed by atoms with E-state index in [1.807, 2.05) is 6.07 Å². The average Bonchev–Trinajstić information content (AvgIpc) is 3.34. The van der Waals surface area contributed by atoms with E-state index < -0.39 is 5.60 Å². The lowest BCUT2D eigenvalue weighted by Gasteiger charge is -2.59. The quantitative estimate of drug-likeness (QED) is 0.715. The molecule has 0 aliphatic heterocycles. The molecule has 1 heterocycles. The third-order valence-electron chi connectivity index (χ3n) is 9.67. The Labute approximate surface area is 174 Å². The van der Waals surface area contributed by atoms with Gasteiger partial charge in [0, 0.05) is 17.5 Å². The lowest BCUT2D eigenvalue weighted by Crippen LogP contribution is -2.53. The van der Waals surface area contributed by atoms with Crippen LogP contribution in [0.15, 0.2) is 34.7 Å². The molecule has 0 amide bonds. The van der Waals surface area contributed by atoms with Gasteiger partial charge < -0.3 is 20.0 Å². The molecule has 7 atom stereocenters. The van der Waals surface area contributed by atoms with E-state index >= 15 is 0 Å². The Morgan fingerprint density at radius 1 is 1.14 bits per heavy atom. The first-order valence-electron chi connectivity index (χ1n) is 11.7. The molecule has 1 aromatic heterocycles. The lowest BCUT2D eigenvalue weighted by molar-refractivity contribution is -0.133. The highest BCUT2D eigenvalue weighted by Crippen LogP contribution is 2.69. The van der Waals surface area contributed by atoms with Crippen molar-refractivity contribution < 1.29 is 14.3 Å². The number of fused-ring (bicyclic) bond motifs is 5. The Hall–Kier alpha value is -1.10. The summed E-state index contributed by atoms with van der Waals surface area (Å²) in [4.78, 5) is 0. The molecule has 4 aliphatic rings. The second kappa shape index (κ2) is 6.96. The molecule has 4 nitrogen and oxygen atoms in total. The van der Waals surface area contributed by atoms with Gasteiger partial charge in [0.1, 0.15) is 0 Å². The van der Waals surface area contributed by atoms with Crippen molar-refractivity contribution in [2.75, 3.05) is 13.2 Å². The van der Waals surface area contributed by atoms with Crippen molar-refractivity contribution in [1.82, 2.24) is 0 Å². The number of hydrogen-bond acceptors (Lipinski definition) is 4. The molecule has 3 saturated carbocycles. The summed E-state index contributed by atoms with van der Waals surface area (Å²) in [5.41, 5.74) is 7.79. The molecule has 4 aliphatic carbocycles. The largest absolute Gasteiger partial charge is 0.472 e. The maximum absolute atomic E-state index is 11.8. The van der Waals surface area contributed by atoms with Gasteiger partial charge in [-0.05, 0) is 80.6 Å². The molecule has 0 saturated heterocycles. The number of furan rings is 1. The standard InChI is InChI=1S/C25H37NO3/c1-23-9-5-19(29-14-12-26)15-17(23)3-4-20-21(23)6-10-24(2)22(20)7-11-25(24,27)18-8-13-28-16-18/h8,13,15-16,19-22,27H,3-7,9-12,14,26H2,1-2H3/t19?,20-,21-,22+,23+,24+,25?/m1/s1. The second-order valence-electron chi connectivity index (χ2n) is 10.6. The molecule has 0 bridgehead atoms. The van der Waals surface area contributed by atoms with Crippen molar-refractivity contribution in [3.05, 3.63) is 35.8 Å². The van der Waals surface area contributed by atoms with Crippen LogP contribution in [-0.2, 0) is 10.3 Å². The van der Waals surface area contributed by atoms with Crippen LogP contribution in [-0.4, -0.2) is 24.4 Å². The van der Waals surface area contributed by atoms with E-state index in [0.717, 1.165) is 43.1 Å². The molecule has 5 rings (SSSR count). The summed E-state index contributed by atoms with van der Waals surface area (Å²) in [6, 6.07) is 1.98. The van der Waals surface area contributed by atoms with Gasteiger partial charge in [-0.3, -0.25) is 0 Å². The van der Waals surface area contributed by atoms with E-state index in [-0.39, 0.29) is 11.5 Å². The van der Waals surface area contributed by atoms with Crippen LogP contribution in [0, 0.1) is 28.6 Å². The summed E-state index contributed by atoms with van der Waals surface area (Å²) >= 11 is 0. The molecule has 3 fully saturated rings. The Balaban J connectivity index is 1.42. The molecule has 2 unspecified atom stereocenters. The van der Waals surface area contributed by atoms with Crippen LogP contribution in [0.3, 0.4) is 0 Å². The first kappa shape index (κ1) is 19.8. The van der Waals surface area contributed by atoms with Crippen LogP contribution in [0.25, 0.3) is 0 Å². The number of allylic oxidation sites excluding steroid dienone is 1. The SMILES string of the molecule is C[C@]12CCC(OCCN)C=C1CC[C@@H]1[C@H]2CC[C@@]2(C)[C@H]1CCC2(O)c1ccoc1. The van der Waals surface area contributed by atoms with Crippen LogP contribution in [0.4, 0.5) is 0 Å². The van der Waals surface area contributed by atoms with Crippen LogP contribution in [0.5, 0.6) is 0 Å². The number of aliphatic hydroxyl groups is 1. The van der Waals surface area contributed by atoms with Crippen LogP contribution in [0.2, 0.25) is 0 Å². The summed E-state index contributed by atoms with van der Waals surface area (Å²) < 4.78 is 11.3. The van der Waals surface area contributed by atoms with E-state index in [4.69, 9.17) is 14.9 Å². The average molecular weight is 400 g/mol. The van der Waals surface area contributed by atoms with Crippen molar-refractivity contribution >= 4 is 0 Å². The molecule has 0 radical (unpaired) electrons. The van der Waals surface area contributed by atoms with Gasteiger partial charge in [0.25, 0.3) is 0 Å². The van der Waals surface area contributed by atoms with Crippen LogP contribution >= 0.6 is 0 Å². The smallest absolute Gasteiger partial charge is 0.0983 e. The van der Waals surface area contributed by atoms with E-state index in [1.165, 1.54) is 25.7 Å². The fraction of sp³-hybridized carbons (Fsp3) is 0.760. The minimum Gasteiger partial charge on any atom is -0.472 e. The Bertz CT molecular complexity index is 773. The van der Waals surface area contributed by atoms with Gasteiger partial charge in [0.15, 0.2) is 0 Å². The van der Waals surface area contributed by atoms with Crippen LogP contribution in [0.1, 0.15) is 70.8 Å². The maximum atomic E-state index is 11.8. The number of ether oxygens (including phenoxy) is 1. The molecular formula is C25H37NO3. The second-order valence-corrected chi connectivity index (χ2v) is 10.6. The van der Waals surface area contributed by atoms with Gasteiger partial charge in [0.05, 0.1) is 30.8 Å². The van der Waals surface area contributed by atoms with Gasteiger partial charge in [0.2, 0.25) is 0 Å². The van der Waals surface area contributed by atoms with Crippen molar-refractivity contribution in [1.29, 1.82) is 0 Å². The monoisotopic (exact) mass is 399 g/mol. The summed E-state index contributed by atoms with van der Waals surface area (Å²) in [7, 11) is 0. The van der Waals surface area contributed by atoms with Crippen molar-refractivity contribution in [3.8, 4) is 0 Å². The molecule has 4 heteroatoms. The lowest BCUT2D eigenvalue weighted by atomic mass is 9.46. The van der Waals surface area contributed by atoms with Gasteiger partial charge in [-0.15, -0.1) is 0 Å². The molecule has 3 N–H and O–H groups in total. The highest BCUT2D eigenvalue weighted by Gasteiger charge is 2.64. The van der Waals surface area contributed by atoms with E-state index in [2.05, 4.69) is 19.9 Å². The predicted molar refractivity (Wildman–Crippen MR) is 113 cm³/mol. The molecule has 160 valence electrons. The minimum atomic E-state index is -0.736. The number of hydrogen-bond donors (Lipinski definition) is 2. The highest BCUT2D eigenvalue weighted by molar-refractivity contribution is 5.29. The van der Waals surface area contributed by atoms with Gasteiger partial charge in [-0.1, -0.05) is 25.5 Å². The first-order valence-corrected chi connectivity index (χ1v) is 11.7. The minimum absolute atomic E-state index is 0.0446. The Morgan fingerprint density at radius 2 is 1.97 bits per heavy atom. The molecule has 0 aromatic carbocycles. The zero-order chi connectivity index (χ0) is 20.3. The van der Waals surface area contributed by atoms with E-state index in [0.29, 0.717) is 24.5 Å². The Morgan fingerprint density at radius 3 is 2.72 bits per heavy atom. The number of nitrogens with two attached hydrogens (primary N) is 1.